The molecule has 0 aliphatic heterocycles. The van der Waals surface area contributed by atoms with Crippen molar-refractivity contribution in [2.45, 2.75) is 18.6 Å². The number of amides is 1. The largest absolute Gasteiger partial charge is 0.355 e. The number of halogens is 3. The van der Waals surface area contributed by atoms with Gasteiger partial charge < -0.3 is 5.32 Å². The van der Waals surface area contributed by atoms with Gasteiger partial charge >= 0.3 is 0 Å². The molecule has 24 heavy (non-hydrogen) atoms. The monoisotopic (exact) mass is 385 g/mol. The number of hydrogen-bond donors (Lipinski definition) is 1. The lowest BCUT2D eigenvalue weighted by Crippen LogP contribution is -2.26. The summed E-state index contributed by atoms with van der Waals surface area (Å²) in [5.74, 6) is 0.822. The first kappa shape index (κ1) is 19.1. The van der Waals surface area contributed by atoms with Gasteiger partial charge in [-0.25, -0.2) is 4.39 Å². The molecule has 0 bridgehead atoms. The average Bonchev–Trinajstić information content (AvgIpc) is 2.55. The number of carbonyl (C=O) groups is 1. The van der Waals surface area contributed by atoms with E-state index in [1.807, 2.05) is 6.07 Å². The third kappa shape index (κ3) is 6.71. The SMILES string of the molecule is O=C(CSCc1ccc(Cl)cc1Cl)NCCCc1ccc(F)cc1. The normalized spacial score (nSPS) is 10.6. The first-order valence-corrected chi connectivity index (χ1v) is 9.48. The lowest BCUT2D eigenvalue weighted by atomic mass is 10.1. The smallest absolute Gasteiger partial charge is 0.230 e. The van der Waals surface area contributed by atoms with Crippen molar-refractivity contribution in [3.63, 3.8) is 0 Å². The van der Waals surface area contributed by atoms with Gasteiger partial charge in [-0.15, -0.1) is 11.8 Å². The highest BCUT2D eigenvalue weighted by Gasteiger charge is 2.05. The zero-order valence-electron chi connectivity index (χ0n) is 13.0. The molecule has 1 amide bonds. The van der Waals surface area contributed by atoms with Crippen LogP contribution in [0, 0.1) is 5.82 Å². The Hall–Kier alpha value is -1.23. The van der Waals surface area contributed by atoms with Crippen molar-refractivity contribution >= 4 is 40.9 Å². The molecule has 0 atom stereocenters. The molecule has 0 aliphatic carbocycles. The van der Waals surface area contributed by atoms with E-state index in [-0.39, 0.29) is 11.7 Å². The third-order valence-electron chi connectivity index (χ3n) is 3.38. The Morgan fingerprint density at radius 2 is 1.88 bits per heavy atom. The van der Waals surface area contributed by atoms with Crippen molar-refractivity contribution in [2.75, 3.05) is 12.3 Å². The van der Waals surface area contributed by atoms with Crippen LogP contribution in [0.1, 0.15) is 17.5 Å². The second-order valence-corrected chi connectivity index (χ2v) is 7.14. The Morgan fingerprint density at radius 3 is 2.58 bits per heavy atom. The van der Waals surface area contributed by atoms with Crippen LogP contribution in [0.25, 0.3) is 0 Å². The van der Waals surface area contributed by atoms with E-state index in [0.717, 1.165) is 24.0 Å². The lowest BCUT2D eigenvalue weighted by molar-refractivity contribution is -0.118. The summed E-state index contributed by atoms with van der Waals surface area (Å²) in [4.78, 5) is 11.8. The van der Waals surface area contributed by atoms with Crippen LogP contribution in [0.3, 0.4) is 0 Å². The molecule has 0 saturated carbocycles. The molecule has 0 spiro atoms. The Kier molecular flexibility index (Phi) is 7.89. The Labute approximate surface area is 155 Å². The molecule has 2 aromatic rings. The molecule has 0 unspecified atom stereocenters. The number of thioether (sulfide) groups is 1. The van der Waals surface area contributed by atoms with E-state index < -0.39 is 0 Å². The first-order valence-electron chi connectivity index (χ1n) is 7.57. The van der Waals surface area contributed by atoms with Gasteiger partial charge in [0, 0.05) is 22.3 Å². The molecule has 2 aromatic carbocycles. The fraction of sp³-hybridized carbons (Fsp3) is 0.278. The molecular weight excluding hydrogens is 368 g/mol. The Morgan fingerprint density at radius 1 is 1.12 bits per heavy atom. The molecule has 0 fully saturated rings. The Bertz CT molecular complexity index is 679. The van der Waals surface area contributed by atoms with E-state index in [0.29, 0.717) is 28.1 Å². The maximum Gasteiger partial charge on any atom is 0.230 e. The predicted molar refractivity (Wildman–Crippen MR) is 100 cm³/mol. The van der Waals surface area contributed by atoms with E-state index in [9.17, 15) is 9.18 Å². The van der Waals surface area contributed by atoms with Crippen molar-refractivity contribution in [2.24, 2.45) is 0 Å². The third-order valence-corrected chi connectivity index (χ3v) is 4.95. The second kappa shape index (κ2) is 9.92. The van der Waals surface area contributed by atoms with Crippen molar-refractivity contribution in [1.82, 2.24) is 5.32 Å². The summed E-state index contributed by atoms with van der Waals surface area (Å²) < 4.78 is 12.8. The number of benzene rings is 2. The molecule has 1 N–H and O–H groups in total. The molecule has 2 nitrogen and oxygen atoms in total. The van der Waals surface area contributed by atoms with Gasteiger partial charge in [0.05, 0.1) is 5.75 Å². The number of aryl methyl sites for hydroxylation is 1. The maximum atomic E-state index is 12.8. The van der Waals surface area contributed by atoms with Crippen LogP contribution in [0.4, 0.5) is 4.39 Å². The molecule has 0 aliphatic rings. The molecule has 0 saturated heterocycles. The number of nitrogens with one attached hydrogen (secondary N) is 1. The molecule has 6 heteroatoms. The molecule has 128 valence electrons. The first-order chi connectivity index (χ1) is 11.5. The van der Waals surface area contributed by atoms with Crippen LogP contribution in [0.5, 0.6) is 0 Å². The zero-order chi connectivity index (χ0) is 17.4. The summed E-state index contributed by atoms with van der Waals surface area (Å²) in [5, 5.41) is 4.11. The highest BCUT2D eigenvalue weighted by Crippen LogP contribution is 2.24. The summed E-state index contributed by atoms with van der Waals surface area (Å²) in [6.07, 6.45) is 1.64. The molecule has 0 aromatic heterocycles. The summed E-state index contributed by atoms with van der Waals surface area (Å²) in [7, 11) is 0. The number of rotatable bonds is 8. The van der Waals surface area contributed by atoms with Gasteiger partial charge in [-0.1, -0.05) is 41.4 Å². The van der Waals surface area contributed by atoms with Crippen LogP contribution in [0.2, 0.25) is 10.0 Å². The van der Waals surface area contributed by atoms with Gasteiger partial charge in [-0.05, 0) is 48.2 Å². The van der Waals surface area contributed by atoms with Crippen LogP contribution in [0.15, 0.2) is 42.5 Å². The minimum atomic E-state index is -0.232. The van der Waals surface area contributed by atoms with E-state index in [1.165, 1.54) is 23.9 Å². The van der Waals surface area contributed by atoms with E-state index in [2.05, 4.69) is 5.32 Å². The van der Waals surface area contributed by atoms with Crippen LogP contribution >= 0.6 is 35.0 Å². The van der Waals surface area contributed by atoms with Crippen molar-refractivity contribution in [3.05, 3.63) is 69.5 Å². The van der Waals surface area contributed by atoms with Gasteiger partial charge in [-0.3, -0.25) is 4.79 Å². The fourth-order valence-corrected chi connectivity index (χ4v) is 3.53. The summed E-state index contributed by atoms with van der Waals surface area (Å²) in [6, 6.07) is 11.8. The predicted octanol–water partition coefficient (Wildman–Crippen LogP) is 5.11. The highest BCUT2D eigenvalue weighted by atomic mass is 35.5. The summed E-state index contributed by atoms with van der Waals surface area (Å²) in [5.41, 5.74) is 2.03. The van der Waals surface area contributed by atoms with E-state index in [4.69, 9.17) is 23.2 Å². The van der Waals surface area contributed by atoms with Crippen molar-refractivity contribution < 1.29 is 9.18 Å². The van der Waals surface area contributed by atoms with Gasteiger partial charge in [0.25, 0.3) is 0 Å². The second-order valence-electron chi connectivity index (χ2n) is 5.31. The molecule has 0 heterocycles. The van der Waals surface area contributed by atoms with Crippen LogP contribution < -0.4 is 5.32 Å². The standard InChI is InChI=1S/C18H18Cl2FNOS/c19-15-6-5-14(17(20)10-15)11-24-12-18(23)22-9-1-2-13-3-7-16(21)8-4-13/h3-8,10H,1-2,9,11-12H2,(H,22,23). The summed E-state index contributed by atoms with van der Waals surface area (Å²) in [6.45, 7) is 0.610. The van der Waals surface area contributed by atoms with Gasteiger partial charge in [0.15, 0.2) is 0 Å². The van der Waals surface area contributed by atoms with Crippen LogP contribution in [-0.2, 0) is 17.0 Å². The van der Waals surface area contributed by atoms with Crippen molar-refractivity contribution in [1.29, 1.82) is 0 Å². The highest BCUT2D eigenvalue weighted by molar-refractivity contribution is 7.99. The molecule has 0 radical (unpaired) electrons. The molecular formula is C18H18Cl2FNOS. The van der Waals surface area contributed by atoms with E-state index in [1.54, 1.807) is 24.3 Å². The fourth-order valence-electron chi connectivity index (χ4n) is 2.11. The average molecular weight is 386 g/mol. The zero-order valence-corrected chi connectivity index (χ0v) is 15.4. The number of carbonyl (C=O) groups excluding carboxylic acids is 1. The minimum Gasteiger partial charge on any atom is -0.355 e. The van der Waals surface area contributed by atoms with Crippen LogP contribution in [-0.4, -0.2) is 18.2 Å². The quantitative estimate of drug-likeness (QED) is 0.639. The number of hydrogen-bond acceptors (Lipinski definition) is 2. The minimum absolute atomic E-state index is 0.00388. The lowest BCUT2D eigenvalue weighted by Gasteiger charge is -2.07. The van der Waals surface area contributed by atoms with Crippen molar-refractivity contribution in [3.8, 4) is 0 Å². The van der Waals surface area contributed by atoms with Gasteiger partial charge in [-0.2, -0.15) is 0 Å². The molecule has 2 rings (SSSR count). The Balaban J connectivity index is 1.60. The van der Waals surface area contributed by atoms with Gasteiger partial charge in [0.2, 0.25) is 5.91 Å². The topological polar surface area (TPSA) is 29.1 Å². The summed E-state index contributed by atoms with van der Waals surface area (Å²) >= 11 is 13.5. The van der Waals surface area contributed by atoms with E-state index >= 15 is 0 Å². The van der Waals surface area contributed by atoms with Gasteiger partial charge in [0.1, 0.15) is 5.82 Å². The maximum absolute atomic E-state index is 12.8.